The fourth-order valence-corrected chi connectivity index (χ4v) is 3.50. The third-order valence-electron chi connectivity index (χ3n) is 3.06. The molecule has 2 rings (SSSR count). The van der Waals surface area contributed by atoms with Gasteiger partial charge in [-0.15, -0.1) is 0 Å². The molecule has 0 amide bonds. The van der Waals surface area contributed by atoms with Gasteiger partial charge in [-0.1, -0.05) is 6.92 Å². The molecule has 106 valence electrons. The van der Waals surface area contributed by atoms with Crippen LogP contribution in [-0.4, -0.2) is 43.6 Å². The van der Waals surface area contributed by atoms with E-state index in [0.29, 0.717) is 25.3 Å². The molecule has 6 heteroatoms. The zero-order chi connectivity index (χ0) is 13.9. The van der Waals surface area contributed by atoms with E-state index in [4.69, 9.17) is 4.74 Å². The van der Waals surface area contributed by atoms with Gasteiger partial charge in [-0.2, -0.15) is 4.31 Å². The zero-order valence-electron chi connectivity index (χ0n) is 10.9. The number of rotatable bonds is 5. The maximum atomic E-state index is 12.3. The Hall–Kier alpha value is -1.11. The van der Waals surface area contributed by atoms with Crippen LogP contribution in [0.1, 0.15) is 19.8 Å². The maximum absolute atomic E-state index is 12.3. The van der Waals surface area contributed by atoms with Crippen LogP contribution >= 0.6 is 0 Å². The molecule has 0 saturated carbocycles. The van der Waals surface area contributed by atoms with Gasteiger partial charge in [0.05, 0.1) is 17.6 Å². The fourth-order valence-electron chi connectivity index (χ4n) is 2.01. The van der Waals surface area contributed by atoms with E-state index in [9.17, 15) is 13.5 Å². The lowest BCUT2D eigenvalue weighted by Crippen LogP contribution is -2.29. The third-order valence-corrected chi connectivity index (χ3v) is 4.94. The molecule has 19 heavy (non-hydrogen) atoms. The second kappa shape index (κ2) is 5.90. The first kappa shape index (κ1) is 14.3. The molecule has 1 aromatic carbocycles. The zero-order valence-corrected chi connectivity index (χ0v) is 11.8. The topological polar surface area (TPSA) is 66.8 Å². The second-order valence-corrected chi connectivity index (χ2v) is 6.56. The first-order valence-electron chi connectivity index (χ1n) is 6.45. The van der Waals surface area contributed by atoms with Crippen molar-refractivity contribution in [2.45, 2.75) is 30.8 Å². The SMILES string of the molecule is CCCOc1ccc(S(=O)(=O)N2CC[C@H](O)C2)cc1. The Balaban J connectivity index is 2.12. The van der Waals surface area contributed by atoms with E-state index in [1.54, 1.807) is 24.3 Å². The quantitative estimate of drug-likeness (QED) is 0.883. The van der Waals surface area contributed by atoms with Crippen molar-refractivity contribution in [3.8, 4) is 5.75 Å². The van der Waals surface area contributed by atoms with Gasteiger partial charge in [0, 0.05) is 13.1 Å². The summed E-state index contributed by atoms with van der Waals surface area (Å²) in [5, 5.41) is 9.42. The van der Waals surface area contributed by atoms with Crippen LogP contribution in [0.4, 0.5) is 0 Å². The minimum atomic E-state index is -3.49. The lowest BCUT2D eigenvalue weighted by molar-refractivity contribution is 0.189. The summed E-state index contributed by atoms with van der Waals surface area (Å²) < 4.78 is 31.3. The van der Waals surface area contributed by atoms with Crippen LogP contribution in [0.25, 0.3) is 0 Å². The summed E-state index contributed by atoms with van der Waals surface area (Å²) in [6.07, 6.45) is 0.852. The van der Waals surface area contributed by atoms with E-state index >= 15 is 0 Å². The molecule has 1 saturated heterocycles. The number of aliphatic hydroxyl groups excluding tert-OH is 1. The summed E-state index contributed by atoms with van der Waals surface area (Å²) >= 11 is 0. The normalized spacial score (nSPS) is 20.6. The highest BCUT2D eigenvalue weighted by molar-refractivity contribution is 7.89. The van der Waals surface area contributed by atoms with Gasteiger partial charge in [0.25, 0.3) is 0 Å². The molecule has 0 unspecified atom stereocenters. The Morgan fingerprint density at radius 2 is 2.05 bits per heavy atom. The number of aliphatic hydroxyl groups is 1. The number of sulfonamides is 1. The molecule has 1 fully saturated rings. The summed E-state index contributed by atoms with van der Waals surface area (Å²) in [5.74, 6) is 0.669. The molecule has 0 aliphatic carbocycles. The number of β-amino-alcohol motifs (C(OH)–C–C–N with tert-alkyl or cyclic N) is 1. The maximum Gasteiger partial charge on any atom is 0.243 e. The molecule has 1 aromatic rings. The number of benzene rings is 1. The van der Waals surface area contributed by atoms with Crippen molar-refractivity contribution in [3.63, 3.8) is 0 Å². The van der Waals surface area contributed by atoms with Gasteiger partial charge >= 0.3 is 0 Å². The van der Waals surface area contributed by atoms with Crippen LogP contribution < -0.4 is 4.74 Å². The Labute approximate surface area is 113 Å². The summed E-state index contributed by atoms with van der Waals surface area (Å²) in [4.78, 5) is 0.241. The Morgan fingerprint density at radius 3 is 2.58 bits per heavy atom. The minimum Gasteiger partial charge on any atom is -0.494 e. The standard InChI is InChI=1S/C13H19NO4S/c1-2-9-18-12-3-5-13(6-4-12)19(16,17)14-8-7-11(15)10-14/h3-6,11,15H,2,7-10H2,1H3/t11-/m0/s1. The highest BCUT2D eigenvalue weighted by Crippen LogP contribution is 2.23. The molecule has 0 bridgehead atoms. The molecular weight excluding hydrogens is 266 g/mol. The average molecular weight is 285 g/mol. The van der Waals surface area contributed by atoms with Crippen LogP contribution in [-0.2, 0) is 10.0 Å². The number of hydrogen-bond acceptors (Lipinski definition) is 4. The predicted octanol–water partition coefficient (Wildman–Crippen LogP) is 1.23. The Bertz CT molecular complexity index is 512. The molecule has 0 spiro atoms. The van der Waals surface area contributed by atoms with Crippen LogP contribution in [0.15, 0.2) is 29.2 Å². The fraction of sp³-hybridized carbons (Fsp3) is 0.538. The minimum absolute atomic E-state index is 0.177. The van der Waals surface area contributed by atoms with E-state index < -0.39 is 16.1 Å². The molecule has 1 aliphatic heterocycles. The summed E-state index contributed by atoms with van der Waals surface area (Å²) in [6, 6.07) is 6.42. The van der Waals surface area contributed by atoms with Crippen molar-refractivity contribution < 1.29 is 18.3 Å². The monoisotopic (exact) mass is 285 g/mol. The summed E-state index contributed by atoms with van der Waals surface area (Å²) in [7, 11) is -3.49. The van der Waals surface area contributed by atoms with Gasteiger partial charge in [-0.05, 0) is 37.1 Å². The third kappa shape index (κ3) is 3.26. The van der Waals surface area contributed by atoms with Gasteiger partial charge in [-0.25, -0.2) is 8.42 Å². The van der Waals surface area contributed by atoms with Gasteiger partial charge in [0.1, 0.15) is 5.75 Å². The predicted molar refractivity (Wildman–Crippen MR) is 71.6 cm³/mol. The van der Waals surface area contributed by atoms with E-state index in [-0.39, 0.29) is 11.4 Å². The van der Waals surface area contributed by atoms with Crippen LogP contribution in [0.3, 0.4) is 0 Å². The summed E-state index contributed by atoms with van der Waals surface area (Å²) in [5.41, 5.74) is 0. The Kier molecular flexibility index (Phi) is 4.44. The number of ether oxygens (including phenoxy) is 1. The first-order valence-corrected chi connectivity index (χ1v) is 7.89. The second-order valence-electron chi connectivity index (χ2n) is 4.63. The van der Waals surface area contributed by atoms with Crippen LogP contribution in [0, 0.1) is 0 Å². The van der Waals surface area contributed by atoms with Crippen molar-refractivity contribution >= 4 is 10.0 Å². The molecule has 0 aromatic heterocycles. The molecule has 1 atom stereocenters. The average Bonchev–Trinajstić information content (AvgIpc) is 2.84. The van der Waals surface area contributed by atoms with Gasteiger partial charge in [-0.3, -0.25) is 0 Å². The van der Waals surface area contributed by atoms with Gasteiger partial charge < -0.3 is 9.84 Å². The Morgan fingerprint density at radius 1 is 1.37 bits per heavy atom. The van der Waals surface area contributed by atoms with E-state index in [0.717, 1.165) is 6.42 Å². The van der Waals surface area contributed by atoms with Crippen molar-refractivity contribution in [3.05, 3.63) is 24.3 Å². The highest BCUT2D eigenvalue weighted by atomic mass is 32.2. The van der Waals surface area contributed by atoms with Crippen LogP contribution in [0.2, 0.25) is 0 Å². The lowest BCUT2D eigenvalue weighted by atomic mass is 10.3. The van der Waals surface area contributed by atoms with Crippen molar-refractivity contribution in [1.82, 2.24) is 4.31 Å². The number of hydrogen-bond donors (Lipinski definition) is 1. The van der Waals surface area contributed by atoms with Crippen molar-refractivity contribution in [1.29, 1.82) is 0 Å². The van der Waals surface area contributed by atoms with E-state index in [2.05, 4.69) is 0 Å². The smallest absolute Gasteiger partial charge is 0.243 e. The van der Waals surface area contributed by atoms with E-state index in [1.165, 1.54) is 4.31 Å². The molecule has 5 nitrogen and oxygen atoms in total. The molecule has 1 N–H and O–H groups in total. The lowest BCUT2D eigenvalue weighted by Gasteiger charge is -2.16. The van der Waals surface area contributed by atoms with Crippen molar-refractivity contribution in [2.24, 2.45) is 0 Å². The first-order chi connectivity index (χ1) is 9.04. The van der Waals surface area contributed by atoms with E-state index in [1.807, 2.05) is 6.92 Å². The van der Waals surface area contributed by atoms with Crippen LogP contribution in [0.5, 0.6) is 5.75 Å². The molecule has 0 radical (unpaired) electrons. The molecular formula is C13H19NO4S. The molecule has 1 heterocycles. The number of nitrogens with zero attached hydrogens (tertiary/aromatic N) is 1. The molecule has 1 aliphatic rings. The van der Waals surface area contributed by atoms with Crippen molar-refractivity contribution in [2.75, 3.05) is 19.7 Å². The largest absolute Gasteiger partial charge is 0.494 e. The van der Waals surface area contributed by atoms with Gasteiger partial charge in [0.2, 0.25) is 10.0 Å². The summed E-state index contributed by atoms with van der Waals surface area (Å²) in [6.45, 7) is 3.18. The van der Waals surface area contributed by atoms with Gasteiger partial charge in [0.15, 0.2) is 0 Å². The highest BCUT2D eigenvalue weighted by Gasteiger charge is 2.31.